The molecule has 0 radical (unpaired) electrons. The lowest BCUT2D eigenvalue weighted by Crippen LogP contribution is -2.08. The summed E-state index contributed by atoms with van der Waals surface area (Å²) in [7, 11) is 0. The number of hydrogen-bond donors (Lipinski definition) is 1. The fraction of sp³-hybridized carbons (Fsp3) is 0.571. The van der Waals surface area contributed by atoms with E-state index < -0.39 is 0 Å². The van der Waals surface area contributed by atoms with Gasteiger partial charge in [-0.3, -0.25) is 0 Å². The Labute approximate surface area is 128 Å². The van der Waals surface area contributed by atoms with Gasteiger partial charge in [-0.2, -0.15) is 4.98 Å². The maximum absolute atomic E-state index is 6.03. The highest BCUT2D eigenvalue weighted by Gasteiger charge is 2.22. The van der Waals surface area contributed by atoms with Crippen molar-refractivity contribution in [3.8, 4) is 0 Å². The van der Waals surface area contributed by atoms with Crippen LogP contribution in [0.25, 0.3) is 0 Å². The molecule has 2 heterocycles. The van der Waals surface area contributed by atoms with Crippen molar-refractivity contribution < 1.29 is 4.52 Å². The van der Waals surface area contributed by atoms with Gasteiger partial charge in [-0.05, 0) is 19.8 Å². The molecule has 0 unspecified atom stereocenters. The van der Waals surface area contributed by atoms with E-state index in [1.165, 1.54) is 12.8 Å². The van der Waals surface area contributed by atoms with E-state index in [1.54, 1.807) is 6.20 Å². The summed E-state index contributed by atoms with van der Waals surface area (Å²) in [5.74, 6) is 3.30. The predicted octanol–water partition coefficient (Wildman–Crippen LogP) is 3.13. The molecule has 1 N–H and O–H groups in total. The number of halogens is 1. The van der Waals surface area contributed by atoms with E-state index in [0.29, 0.717) is 35.5 Å². The molecule has 3 rings (SSSR count). The Kier molecular flexibility index (Phi) is 4.34. The van der Waals surface area contributed by atoms with Crippen LogP contribution in [-0.4, -0.2) is 26.7 Å². The Morgan fingerprint density at radius 3 is 2.95 bits per heavy atom. The number of rotatable bonds is 5. The van der Waals surface area contributed by atoms with Gasteiger partial charge in [-0.15, -0.1) is 0 Å². The number of nitrogens with one attached hydrogen (secondary N) is 1. The number of nitrogens with zero attached hydrogens (tertiary/aromatic N) is 4. The standard InChI is InChI=1S/C14H18ClN5O/c1-9-17-8-11(15)13(18-9)16-7-6-12-19-14(21-20-12)10-4-2-3-5-10/h8,10H,2-7H2,1H3,(H,16,17,18). The summed E-state index contributed by atoms with van der Waals surface area (Å²) in [5, 5.41) is 7.73. The van der Waals surface area contributed by atoms with Crippen molar-refractivity contribution in [3.63, 3.8) is 0 Å². The minimum atomic E-state index is 0.457. The van der Waals surface area contributed by atoms with Gasteiger partial charge >= 0.3 is 0 Å². The van der Waals surface area contributed by atoms with Crippen LogP contribution in [0, 0.1) is 6.92 Å². The molecule has 0 aromatic carbocycles. The quantitative estimate of drug-likeness (QED) is 0.914. The summed E-state index contributed by atoms with van der Waals surface area (Å²) in [5.41, 5.74) is 0. The Hall–Kier alpha value is -1.69. The summed E-state index contributed by atoms with van der Waals surface area (Å²) in [6.45, 7) is 2.48. The van der Waals surface area contributed by atoms with Crippen LogP contribution in [0.2, 0.25) is 5.02 Å². The molecule has 1 fully saturated rings. The molecule has 0 aliphatic heterocycles. The fourth-order valence-electron chi connectivity index (χ4n) is 2.58. The highest BCUT2D eigenvalue weighted by atomic mass is 35.5. The lowest BCUT2D eigenvalue weighted by molar-refractivity contribution is 0.350. The maximum atomic E-state index is 6.03. The van der Waals surface area contributed by atoms with Crippen LogP contribution in [0.5, 0.6) is 0 Å². The van der Waals surface area contributed by atoms with Gasteiger partial charge in [0.1, 0.15) is 16.7 Å². The van der Waals surface area contributed by atoms with Crippen molar-refractivity contribution in [2.45, 2.75) is 44.9 Å². The van der Waals surface area contributed by atoms with E-state index in [2.05, 4.69) is 25.4 Å². The molecule has 0 amide bonds. The molecule has 7 heteroatoms. The second kappa shape index (κ2) is 6.39. The minimum absolute atomic E-state index is 0.457. The average molecular weight is 308 g/mol. The number of hydrogen-bond acceptors (Lipinski definition) is 6. The molecule has 21 heavy (non-hydrogen) atoms. The molecule has 0 atom stereocenters. The van der Waals surface area contributed by atoms with E-state index in [1.807, 2.05) is 6.92 Å². The van der Waals surface area contributed by atoms with E-state index in [9.17, 15) is 0 Å². The molecular weight excluding hydrogens is 290 g/mol. The first kappa shape index (κ1) is 14.3. The fourth-order valence-corrected chi connectivity index (χ4v) is 2.74. The molecular formula is C14H18ClN5O. The highest BCUT2D eigenvalue weighted by Crippen LogP contribution is 2.32. The first-order valence-corrected chi connectivity index (χ1v) is 7.65. The molecule has 112 valence electrons. The van der Waals surface area contributed by atoms with Crippen molar-refractivity contribution in [1.29, 1.82) is 0 Å². The number of aryl methyl sites for hydroxylation is 1. The Morgan fingerprint density at radius 1 is 1.33 bits per heavy atom. The molecule has 2 aromatic rings. The predicted molar refractivity (Wildman–Crippen MR) is 79.5 cm³/mol. The molecule has 0 saturated heterocycles. The van der Waals surface area contributed by atoms with Crippen LogP contribution in [0.3, 0.4) is 0 Å². The van der Waals surface area contributed by atoms with Crippen LogP contribution < -0.4 is 5.32 Å². The van der Waals surface area contributed by atoms with Gasteiger partial charge in [0.2, 0.25) is 5.89 Å². The zero-order valence-electron chi connectivity index (χ0n) is 12.0. The summed E-state index contributed by atoms with van der Waals surface area (Å²) < 4.78 is 5.35. The van der Waals surface area contributed by atoms with Gasteiger partial charge < -0.3 is 9.84 Å². The first-order valence-electron chi connectivity index (χ1n) is 7.28. The first-order chi connectivity index (χ1) is 10.2. The van der Waals surface area contributed by atoms with E-state index in [4.69, 9.17) is 16.1 Å². The van der Waals surface area contributed by atoms with E-state index in [-0.39, 0.29) is 0 Å². The lowest BCUT2D eigenvalue weighted by atomic mass is 10.1. The van der Waals surface area contributed by atoms with Gasteiger partial charge in [0.25, 0.3) is 0 Å². The summed E-state index contributed by atoms with van der Waals surface area (Å²) in [6.07, 6.45) is 7.12. The topological polar surface area (TPSA) is 76.7 Å². The third-order valence-corrected chi connectivity index (χ3v) is 3.97. The molecule has 1 aliphatic carbocycles. The van der Waals surface area contributed by atoms with Gasteiger partial charge in [-0.25, -0.2) is 9.97 Å². The summed E-state index contributed by atoms with van der Waals surface area (Å²) in [6, 6.07) is 0. The van der Waals surface area contributed by atoms with Crippen molar-refractivity contribution in [3.05, 3.63) is 28.8 Å². The largest absolute Gasteiger partial charge is 0.368 e. The monoisotopic (exact) mass is 307 g/mol. The van der Waals surface area contributed by atoms with E-state index >= 15 is 0 Å². The Morgan fingerprint density at radius 2 is 2.14 bits per heavy atom. The molecule has 0 bridgehead atoms. The smallest absolute Gasteiger partial charge is 0.229 e. The zero-order valence-corrected chi connectivity index (χ0v) is 12.7. The molecule has 0 spiro atoms. The minimum Gasteiger partial charge on any atom is -0.368 e. The van der Waals surface area contributed by atoms with Crippen LogP contribution in [0.1, 0.15) is 49.1 Å². The Bertz CT molecular complexity index is 609. The van der Waals surface area contributed by atoms with Gasteiger partial charge in [-0.1, -0.05) is 29.6 Å². The van der Waals surface area contributed by atoms with Crippen molar-refractivity contribution >= 4 is 17.4 Å². The number of aromatic nitrogens is 4. The van der Waals surface area contributed by atoms with E-state index in [0.717, 1.165) is 24.6 Å². The van der Waals surface area contributed by atoms with Gasteiger partial charge in [0, 0.05) is 18.9 Å². The van der Waals surface area contributed by atoms with Gasteiger partial charge in [0.05, 0.1) is 6.20 Å². The van der Waals surface area contributed by atoms with Gasteiger partial charge in [0.15, 0.2) is 5.82 Å². The van der Waals surface area contributed by atoms with Crippen molar-refractivity contribution in [2.24, 2.45) is 0 Å². The number of anilines is 1. The molecule has 1 aliphatic rings. The maximum Gasteiger partial charge on any atom is 0.229 e. The van der Waals surface area contributed by atoms with Crippen molar-refractivity contribution in [1.82, 2.24) is 20.1 Å². The highest BCUT2D eigenvalue weighted by molar-refractivity contribution is 6.32. The van der Waals surface area contributed by atoms with Crippen LogP contribution >= 0.6 is 11.6 Å². The van der Waals surface area contributed by atoms with Crippen LogP contribution in [0.4, 0.5) is 5.82 Å². The second-order valence-electron chi connectivity index (χ2n) is 5.32. The lowest BCUT2D eigenvalue weighted by Gasteiger charge is -2.06. The second-order valence-corrected chi connectivity index (χ2v) is 5.73. The molecule has 2 aromatic heterocycles. The zero-order chi connectivity index (χ0) is 14.7. The summed E-state index contributed by atoms with van der Waals surface area (Å²) >= 11 is 6.03. The molecule has 1 saturated carbocycles. The van der Waals surface area contributed by atoms with Crippen molar-refractivity contribution in [2.75, 3.05) is 11.9 Å². The average Bonchev–Trinajstić information content (AvgIpc) is 3.13. The van der Waals surface area contributed by atoms with Crippen LogP contribution in [0.15, 0.2) is 10.7 Å². The normalized spacial score (nSPS) is 15.5. The Balaban J connectivity index is 1.54. The summed E-state index contributed by atoms with van der Waals surface area (Å²) in [4.78, 5) is 12.8. The van der Waals surface area contributed by atoms with Crippen LogP contribution in [-0.2, 0) is 6.42 Å². The third kappa shape index (κ3) is 3.50. The SMILES string of the molecule is Cc1ncc(Cl)c(NCCc2noc(C3CCCC3)n2)n1. The molecule has 6 nitrogen and oxygen atoms in total. The third-order valence-electron chi connectivity index (χ3n) is 3.69.